The van der Waals surface area contributed by atoms with E-state index in [1.54, 1.807) is 24.5 Å². The number of para-hydroxylation sites is 1. The van der Waals surface area contributed by atoms with Crippen LogP contribution in [0, 0.1) is 5.82 Å². The Morgan fingerprint density at radius 2 is 1.68 bits per heavy atom. The normalized spacial score (nSPS) is 10.6. The summed E-state index contributed by atoms with van der Waals surface area (Å²) in [5.41, 5.74) is 1.49. The van der Waals surface area contributed by atoms with E-state index in [9.17, 15) is 4.39 Å². The molecule has 4 heteroatoms. The number of hydrogen-bond acceptors (Lipinski definition) is 3. The summed E-state index contributed by atoms with van der Waals surface area (Å²) < 4.78 is 14.1. The number of nitrogens with one attached hydrogen (secondary N) is 1. The molecule has 0 saturated carbocycles. The Labute approximate surface area is 132 Å². The highest BCUT2D eigenvalue weighted by atomic mass is 19.1. The lowest BCUT2D eigenvalue weighted by molar-refractivity contribution is 0.604. The minimum Gasteiger partial charge on any atom is -0.321 e. The zero-order valence-corrected chi connectivity index (χ0v) is 13.2. The second kappa shape index (κ2) is 9.13. The molecule has 1 aromatic heterocycles. The summed E-state index contributed by atoms with van der Waals surface area (Å²) in [5.74, 6) is 0.174. The van der Waals surface area contributed by atoms with Crippen LogP contribution in [0.25, 0.3) is 0 Å². The zero-order chi connectivity index (χ0) is 15.6. The molecule has 0 amide bonds. The highest BCUT2D eigenvalue weighted by molar-refractivity contribution is 5.59. The molecule has 1 heterocycles. The molecular formula is C18H24FN3. The van der Waals surface area contributed by atoms with Gasteiger partial charge >= 0.3 is 0 Å². The molecule has 0 saturated heterocycles. The lowest BCUT2D eigenvalue weighted by Crippen LogP contribution is -2.02. The highest BCUT2D eigenvalue weighted by Gasteiger charge is 2.09. The topological polar surface area (TPSA) is 37.8 Å². The molecule has 0 unspecified atom stereocenters. The average Bonchev–Trinajstić information content (AvgIpc) is 2.54. The van der Waals surface area contributed by atoms with E-state index in [0.717, 1.165) is 18.4 Å². The monoisotopic (exact) mass is 301 g/mol. The van der Waals surface area contributed by atoms with E-state index >= 15 is 0 Å². The molecule has 1 N–H and O–H groups in total. The van der Waals surface area contributed by atoms with E-state index in [4.69, 9.17) is 0 Å². The van der Waals surface area contributed by atoms with Crippen LogP contribution in [0.5, 0.6) is 0 Å². The molecule has 0 atom stereocenters. The van der Waals surface area contributed by atoms with Crippen LogP contribution in [-0.2, 0) is 6.42 Å². The van der Waals surface area contributed by atoms with Crippen molar-refractivity contribution in [3.8, 4) is 0 Å². The maximum absolute atomic E-state index is 14.1. The van der Waals surface area contributed by atoms with Crippen molar-refractivity contribution in [2.24, 2.45) is 0 Å². The summed E-state index contributed by atoms with van der Waals surface area (Å²) in [5, 5.41) is 3.00. The van der Waals surface area contributed by atoms with Gasteiger partial charge < -0.3 is 5.32 Å². The number of anilines is 2. The van der Waals surface area contributed by atoms with Gasteiger partial charge in [-0.2, -0.15) is 0 Å². The third-order valence-corrected chi connectivity index (χ3v) is 3.70. The van der Waals surface area contributed by atoms with Crippen molar-refractivity contribution in [2.75, 3.05) is 5.32 Å². The van der Waals surface area contributed by atoms with Crippen molar-refractivity contribution in [2.45, 2.75) is 51.9 Å². The highest BCUT2D eigenvalue weighted by Crippen LogP contribution is 2.24. The molecule has 1 aromatic carbocycles. The van der Waals surface area contributed by atoms with Crippen LogP contribution in [0.2, 0.25) is 0 Å². The summed E-state index contributed by atoms with van der Waals surface area (Å²) in [6, 6.07) is 6.94. The lowest BCUT2D eigenvalue weighted by atomic mass is 10.0. The Kier molecular flexibility index (Phi) is 6.81. The standard InChI is InChI=1S/C18H24FN3/c1-2-3-4-5-6-7-10-15-11-8-12-16(19)17(15)22-18-20-13-9-14-21-18/h8-9,11-14H,2-7,10H2,1H3,(H,20,21,22). The van der Waals surface area contributed by atoms with Gasteiger partial charge in [0.05, 0.1) is 5.69 Å². The molecule has 0 radical (unpaired) electrons. The van der Waals surface area contributed by atoms with Crippen molar-refractivity contribution in [1.82, 2.24) is 9.97 Å². The van der Waals surface area contributed by atoms with Crippen LogP contribution < -0.4 is 5.32 Å². The first-order valence-corrected chi connectivity index (χ1v) is 8.12. The molecule has 2 rings (SSSR count). The van der Waals surface area contributed by atoms with Crippen molar-refractivity contribution in [3.05, 3.63) is 48.0 Å². The van der Waals surface area contributed by atoms with Crippen molar-refractivity contribution in [1.29, 1.82) is 0 Å². The van der Waals surface area contributed by atoms with Crippen LogP contribution in [-0.4, -0.2) is 9.97 Å². The first-order valence-electron chi connectivity index (χ1n) is 8.12. The number of benzene rings is 1. The van der Waals surface area contributed by atoms with E-state index < -0.39 is 0 Å². The summed E-state index contributed by atoms with van der Waals surface area (Å²) in [6.45, 7) is 2.22. The van der Waals surface area contributed by atoms with Crippen molar-refractivity contribution >= 4 is 11.6 Å². The minimum absolute atomic E-state index is 0.254. The molecular weight excluding hydrogens is 277 g/mol. The van der Waals surface area contributed by atoms with Gasteiger partial charge in [-0.1, -0.05) is 51.2 Å². The van der Waals surface area contributed by atoms with Crippen LogP contribution in [0.1, 0.15) is 51.0 Å². The number of nitrogens with zero attached hydrogens (tertiary/aromatic N) is 2. The lowest BCUT2D eigenvalue weighted by Gasteiger charge is -2.12. The first kappa shape index (κ1) is 16.4. The smallest absolute Gasteiger partial charge is 0.227 e. The fourth-order valence-corrected chi connectivity index (χ4v) is 2.49. The number of hydrogen-bond donors (Lipinski definition) is 1. The summed E-state index contributed by atoms with van der Waals surface area (Å²) in [7, 11) is 0. The Bertz CT molecular complexity index is 558. The van der Waals surface area contributed by atoms with E-state index in [1.165, 1.54) is 38.2 Å². The molecule has 0 fully saturated rings. The zero-order valence-electron chi connectivity index (χ0n) is 13.2. The van der Waals surface area contributed by atoms with E-state index in [0.29, 0.717) is 11.6 Å². The van der Waals surface area contributed by atoms with Gasteiger partial charge in [-0.3, -0.25) is 0 Å². The Morgan fingerprint density at radius 3 is 2.45 bits per heavy atom. The van der Waals surface area contributed by atoms with Gasteiger partial charge in [-0.05, 0) is 30.5 Å². The first-order chi connectivity index (χ1) is 10.8. The largest absolute Gasteiger partial charge is 0.321 e. The predicted octanol–water partition coefficient (Wildman–Crippen LogP) is 5.26. The molecule has 3 nitrogen and oxygen atoms in total. The maximum atomic E-state index is 14.1. The van der Waals surface area contributed by atoms with Gasteiger partial charge in [0.2, 0.25) is 5.95 Å². The van der Waals surface area contributed by atoms with E-state index in [-0.39, 0.29) is 5.82 Å². The molecule has 0 aliphatic heterocycles. The fraction of sp³-hybridized carbons (Fsp3) is 0.444. The van der Waals surface area contributed by atoms with Crippen LogP contribution in [0.4, 0.5) is 16.0 Å². The Hall–Kier alpha value is -1.97. The molecule has 0 aliphatic carbocycles. The second-order valence-corrected chi connectivity index (χ2v) is 5.49. The van der Waals surface area contributed by atoms with E-state index in [1.807, 2.05) is 6.07 Å². The Morgan fingerprint density at radius 1 is 0.955 bits per heavy atom. The quantitative estimate of drug-likeness (QED) is 0.642. The van der Waals surface area contributed by atoms with Gasteiger partial charge in [0.15, 0.2) is 0 Å². The molecule has 0 aliphatic rings. The number of halogens is 1. The van der Waals surface area contributed by atoms with Crippen LogP contribution in [0.15, 0.2) is 36.7 Å². The molecule has 0 spiro atoms. The van der Waals surface area contributed by atoms with Crippen LogP contribution >= 0.6 is 0 Å². The Balaban J connectivity index is 1.94. The van der Waals surface area contributed by atoms with Gasteiger partial charge in [0, 0.05) is 12.4 Å². The van der Waals surface area contributed by atoms with Crippen molar-refractivity contribution < 1.29 is 4.39 Å². The predicted molar refractivity (Wildman–Crippen MR) is 88.8 cm³/mol. The molecule has 22 heavy (non-hydrogen) atoms. The molecule has 118 valence electrons. The number of rotatable bonds is 9. The van der Waals surface area contributed by atoms with E-state index in [2.05, 4.69) is 22.2 Å². The summed E-state index contributed by atoms with van der Waals surface area (Å²) >= 11 is 0. The third kappa shape index (κ3) is 5.10. The van der Waals surface area contributed by atoms with Crippen molar-refractivity contribution in [3.63, 3.8) is 0 Å². The minimum atomic E-state index is -0.254. The number of aromatic nitrogens is 2. The second-order valence-electron chi connectivity index (χ2n) is 5.49. The fourth-order valence-electron chi connectivity index (χ4n) is 2.49. The third-order valence-electron chi connectivity index (χ3n) is 3.70. The summed E-state index contributed by atoms with van der Waals surface area (Å²) in [4.78, 5) is 8.20. The van der Waals surface area contributed by atoms with Crippen LogP contribution in [0.3, 0.4) is 0 Å². The number of aryl methyl sites for hydroxylation is 1. The molecule has 2 aromatic rings. The maximum Gasteiger partial charge on any atom is 0.227 e. The molecule has 0 bridgehead atoms. The van der Waals surface area contributed by atoms with Gasteiger partial charge in [-0.15, -0.1) is 0 Å². The van der Waals surface area contributed by atoms with Gasteiger partial charge in [-0.25, -0.2) is 14.4 Å². The average molecular weight is 301 g/mol. The van der Waals surface area contributed by atoms with Gasteiger partial charge in [0.25, 0.3) is 0 Å². The summed E-state index contributed by atoms with van der Waals surface area (Å²) in [6.07, 6.45) is 11.5. The SMILES string of the molecule is CCCCCCCCc1cccc(F)c1Nc1ncccn1. The van der Waals surface area contributed by atoms with Gasteiger partial charge in [0.1, 0.15) is 5.82 Å². The number of unbranched alkanes of at least 4 members (excludes halogenated alkanes) is 5.